The summed E-state index contributed by atoms with van der Waals surface area (Å²) in [6, 6.07) is 6.53. The van der Waals surface area contributed by atoms with Crippen molar-refractivity contribution >= 4 is 5.65 Å². The largest absolute Gasteiger partial charge is 0.339 e. The number of hydrogen-bond acceptors (Lipinski definition) is 6. The fourth-order valence-corrected chi connectivity index (χ4v) is 3.39. The molecule has 4 heterocycles. The zero-order valence-electron chi connectivity index (χ0n) is 14.6. The van der Waals surface area contributed by atoms with Crippen molar-refractivity contribution in [3.63, 3.8) is 0 Å². The molecule has 1 atom stereocenters. The van der Waals surface area contributed by atoms with E-state index in [1.807, 2.05) is 31.3 Å². The molecule has 132 valence electrons. The lowest BCUT2D eigenvalue weighted by Crippen LogP contribution is -2.45. The van der Waals surface area contributed by atoms with Crippen LogP contribution in [0.15, 0.2) is 35.1 Å². The zero-order chi connectivity index (χ0) is 17.1. The fourth-order valence-electron chi connectivity index (χ4n) is 3.39. The van der Waals surface area contributed by atoms with Crippen molar-refractivity contribution < 1.29 is 4.52 Å². The Morgan fingerprint density at radius 1 is 1.32 bits per heavy atom. The Labute approximate surface area is 147 Å². The minimum atomic E-state index is 0.469. The lowest BCUT2D eigenvalue weighted by Gasteiger charge is -2.32. The number of fused-ring (bicyclic) bond motifs is 1. The molecule has 7 heteroatoms. The third-order valence-electron chi connectivity index (χ3n) is 4.67. The van der Waals surface area contributed by atoms with E-state index >= 15 is 0 Å². The summed E-state index contributed by atoms with van der Waals surface area (Å²) < 4.78 is 7.26. The molecular weight excluding hydrogens is 316 g/mol. The summed E-state index contributed by atoms with van der Waals surface area (Å²) in [5.74, 6) is 1.51. The molecule has 0 radical (unpaired) electrons. The summed E-state index contributed by atoms with van der Waals surface area (Å²) in [4.78, 5) is 11.5. The molecule has 0 aliphatic carbocycles. The number of aryl methyl sites for hydroxylation is 1. The molecule has 25 heavy (non-hydrogen) atoms. The predicted molar refractivity (Wildman–Crippen MR) is 94.0 cm³/mol. The third-order valence-corrected chi connectivity index (χ3v) is 4.67. The van der Waals surface area contributed by atoms with Gasteiger partial charge >= 0.3 is 0 Å². The number of aromatic nitrogens is 4. The van der Waals surface area contributed by atoms with Crippen LogP contribution < -0.4 is 5.32 Å². The van der Waals surface area contributed by atoms with Crippen molar-refractivity contribution in [1.82, 2.24) is 29.7 Å². The molecule has 1 aliphatic rings. The van der Waals surface area contributed by atoms with E-state index in [4.69, 9.17) is 4.52 Å². The SMILES string of the molecule is CCc1nc(CN2CCC[C@@H](NCc3cn4ccccc4n3)C2)no1. The van der Waals surface area contributed by atoms with Gasteiger partial charge in [-0.05, 0) is 31.5 Å². The average Bonchev–Trinajstić information content (AvgIpc) is 3.26. The molecule has 3 aromatic heterocycles. The van der Waals surface area contributed by atoms with Crippen LogP contribution in [0.3, 0.4) is 0 Å². The Morgan fingerprint density at radius 2 is 2.28 bits per heavy atom. The van der Waals surface area contributed by atoms with Crippen LogP contribution in [0.5, 0.6) is 0 Å². The lowest BCUT2D eigenvalue weighted by atomic mass is 10.1. The maximum atomic E-state index is 5.20. The van der Waals surface area contributed by atoms with Crippen molar-refractivity contribution in [2.24, 2.45) is 0 Å². The monoisotopic (exact) mass is 340 g/mol. The molecule has 0 unspecified atom stereocenters. The minimum absolute atomic E-state index is 0.469. The van der Waals surface area contributed by atoms with E-state index in [0.717, 1.165) is 49.8 Å². The highest BCUT2D eigenvalue weighted by Gasteiger charge is 2.21. The molecule has 7 nitrogen and oxygen atoms in total. The maximum Gasteiger partial charge on any atom is 0.226 e. The van der Waals surface area contributed by atoms with E-state index in [1.165, 1.54) is 12.8 Å². The van der Waals surface area contributed by atoms with Crippen molar-refractivity contribution in [1.29, 1.82) is 0 Å². The molecule has 1 fully saturated rings. The van der Waals surface area contributed by atoms with Gasteiger partial charge in [-0.1, -0.05) is 18.1 Å². The van der Waals surface area contributed by atoms with E-state index in [2.05, 4.69) is 35.9 Å². The van der Waals surface area contributed by atoms with Gasteiger partial charge in [0.2, 0.25) is 5.89 Å². The fraction of sp³-hybridized carbons (Fsp3) is 0.500. The molecule has 1 N–H and O–H groups in total. The number of imidazole rings is 1. The summed E-state index contributed by atoms with van der Waals surface area (Å²) in [6.45, 7) is 5.67. The summed E-state index contributed by atoms with van der Waals surface area (Å²) >= 11 is 0. The van der Waals surface area contributed by atoms with Crippen LogP contribution in [0.1, 0.15) is 37.2 Å². The quantitative estimate of drug-likeness (QED) is 0.740. The van der Waals surface area contributed by atoms with Gasteiger partial charge in [-0.15, -0.1) is 0 Å². The number of nitrogens with one attached hydrogen (secondary N) is 1. The van der Waals surface area contributed by atoms with Crippen LogP contribution in [0.2, 0.25) is 0 Å². The van der Waals surface area contributed by atoms with E-state index < -0.39 is 0 Å². The molecule has 0 bridgehead atoms. The van der Waals surface area contributed by atoms with E-state index in [0.29, 0.717) is 11.9 Å². The summed E-state index contributed by atoms with van der Waals surface area (Å²) in [6.07, 6.45) is 7.28. The van der Waals surface area contributed by atoms with Gasteiger partial charge in [0.1, 0.15) is 5.65 Å². The van der Waals surface area contributed by atoms with Gasteiger partial charge < -0.3 is 14.2 Å². The van der Waals surface area contributed by atoms with E-state index in [9.17, 15) is 0 Å². The van der Waals surface area contributed by atoms with Gasteiger partial charge in [-0.2, -0.15) is 4.98 Å². The predicted octanol–water partition coefficient (Wildman–Crippen LogP) is 2.03. The zero-order valence-corrected chi connectivity index (χ0v) is 14.6. The Bertz CT molecular complexity index is 793. The number of piperidine rings is 1. The first-order chi connectivity index (χ1) is 12.3. The normalized spacial score (nSPS) is 18.8. The van der Waals surface area contributed by atoms with Crippen LogP contribution in [0.25, 0.3) is 5.65 Å². The molecule has 3 aromatic rings. The highest BCUT2D eigenvalue weighted by Crippen LogP contribution is 2.14. The van der Waals surface area contributed by atoms with Gasteiger partial charge in [0.15, 0.2) is 5.82 Å². The van der Waals surface area contributed by atoms with Gasteiger partial charge in [0, 0.05) is 37.9 Å². The second-order valence-corrected chi connectivity index (χ2v) is 6.61. The van der Waals surface area contributed by atoms with E-state index in [1.54, 1.807) is 0 Å². The molecule has 0 aromatic carbocycles. The van der Waals surface area contributed by atoms with Crippen LogP contribution in [-0.2, 0) is 19.5 Å². The number of rotatable bonds is 6. The van der Waals surface area contributed by atoms with Gasteiger partial charge in [0.25, 0.3) is 0 Å². The third kappa shape index (κ3) is 3.88. The molecule has 0 spiro atoms. The van der Waals surface area contributed by atoms with Crippen LogP contribution in [-0.4, -0.2) is 43.6 Å². The maximum absolute atomic E-state index is 5.20. The summed E-state index contributed by atoms with van der Waals surface area (Å²) in [5.41, 5.74) is 2.07. The Hall–Kier alpha value is -2.25. The second-order valence-electron chi connectivity index (χ2n) is 6.61. The number of pyridine rings is 1. The first-order valence-electron chi connectivity index (χ1n) is 9.00. The molecule has 1 aliphatic heterocycles. The molecule has 1 saturated heterocycles. The highest BCUT2D eigenvalue weighted by molar-refractivity contribution is 5.39. The topological polar surface area (TPSA) is 71.5 Å². The molecule has 0 amide bonds. The number of likely N-dealkylation sites (tertiary alicyclic amines) is 1. The Balaban J connectivity index is 1.31. The average molecular weight is 340 g/mol. The van der Waals surface area contributed by atoms with Gasteiger partial charge in [-0.3, -0.25) is 4.90 Å². The van der Waals surface area contributed by atoms with Gasteiger partial charge in [-0.25, -0.2) is 4.98 Å². The molecular formula is C18H24N6O. The number of hydrogen-bond donors (Lipinski definition) is 1. The first kappa shape index (κ1) is 16.2. The van der Waals surface area contributed by atoms with Crippen LogP contribution in [0, 0.1) is 0 Å². The Kier molecular flexibility index (Phi) is 4.76. The van der Waals surface area contributed by atoms with Crippen molar-refractivity contribution in [2.75, 3.05) is 13.1 Å². The van der Waals surface area contributed by atoms with E-state index in [-0.39, 0.29) is 0 Å². The second kappa shape index (κ2) is 7.33. The molecule has 4 rings (SSSR count). The first-order valence-corrected chi connectivity index (χ1v) is 9.00. The highest BCUT2D eigenvalue weighted by atomic mass is 16.5. The smallest absolute Gasteiger partial charge is 0.226 e. The Morgan fingerprint density at radius 3 is 3.12 bits per heavy atom. The summed E-state index contributed by atoms with van der Waals surface area (Å²) in [7, 11) is 0. The molecule has 0 saturated carbocycles. The van der Waals surface area contributed by atoms with Gasteiger partial charge in [0.05, 0.1) is 12.2 Å². The van der Waals surface area contributed by atoms with Crippen molar-refractivity contribution in [2.45, 2.75) is 45.3 Å². The minimum Gasteiger partial charge on any atom is -0.339 e. The summed E-state index contributed by atoms with van der Waals surface area (Å²) in [5, 5.41) is 7.71. The van der Waals surface area contributed by atoms with Crippen molar-refractivity contribution in [3.05, 3.63) is 48.0 Å². The lowest BCUT2D eigenvalue weighted by molar-refractivity contribution is 0.177. The van der Waals surface area contributed by atoms with Crippen molar-refractivity contribution in [3.8, 4) is 0 Å². The standard InChI is InChI=1S/C18H24N6O/c1-2-18-21-16(22-25-18)13-23-8-5-6-14(11-23)19-10-15-12-24-9-4-3-7-17(24)20-15/h3-4,7,9,12,14,19H,2,5-6,8,10-11,13H2,1H3/t14-/m1/s1. The number of nitrogens with zero attached hydrogens (tertiary/aromatic N) is 5. The van der Waals surface area contributed by atoms with Crippen LogP contribution in [0.4, 0.5) is 0 Å². The van der Waals surface area contributed by atoms with Crippen LogP contribution >= 0.6 is 0 Å².